The summed E-state index contributed by atoms with van der Waals surface area (Å²) in [7, 11) is 1.69. The molecule has 1 aliphatic carbocycles. The molecule has 1 heterocycles. The molecule has 0 spiro atoms. The molecule has 0 aliphatic heterocycles. The van der Waals surface area contributed by atoms with E-state index < -0.39 is 0 Å². The molecule has 4 nitrogen and oxygen atoms in total. The van der Waals surface area contributed by atoms with E-state index in [1.807, 2.05) is 10.8 Å². The molecule has 1 atom stereocenters. The Bertz CT molecular complexity index is 480. The summed E-state index contributed by atoms with van der Waals surface area (Å²) >= 11 is 3.56. The molecule has 0 saturated heterocycles. The van der Waals surface area contributed by atoms with E-state index in [0.29, 0.717) is 13.2 Å². The van der Waals surface area contributed by atoms with Crippen molar-refractivity contribution in [3.63, 3.8) is 0 Å². The Balaban J connectivity index is 2.33. The van der Waals surface area contributed by atoms with Crippen LogP contribution in [-0.4, -0.2) is 34.7 Å². The average Bonchev–Trinajstić information content (AvgIpc) is 2.65. The first-order valence-corrected chi connectivity index (χ1v) is 7.31. The maximum atomic E-state index is 10.0. The number of methoxy groups -OCH3 is 1. The molecule has 1 aliphatic rings. The molecule has 0 aromatic carbocycles. The second kappa shape index (κ2) is 5.77. The summed E-state index contributed by atoms with van der Waals surface area (Å²) in [5.41, 5.74) is 2.33. The normalized spacial score (nSPS) is 22.4. The van der Waals surface area contributed by atoms with E-state index in [9.17, 15) is 5.11 Å². The molecule has 1 aromatic rings. The van der Waals surface area contributed by atoms with Crippen molar-refractivity contribution >= 4 is 21.5 Å². The smallest absolute Gasteiger partial charge is 0.0783 e. The van der Waals surface area contributed by atoms with Crippen molar-refractivity contribution in [1.29, 1.82) is 0 Å². The lowest BCUT2D eigenvalue weighted by molar-refractivity contribution is 0.145. The predicted molar refractivity (Wildman–Crippen MR) is 78.8 cm³/mol. The third-order valence-electron chi connectivity index (χ3n) is 3.43. The molecule has 1 N–H and O–H groups in total. The molecule has 2 rings (SSSR count). The number of aromatic nitrogens is 2. The number of rotatable bonds is 4. The summed E-state index contributed by atoms with van der Waals surface area (Å²) in [5, 5.41) is 14.4. The van der Waals surface area contributed by atoms with Crippen LogP contribution >= 0.6 is 15.9 Å². The maximum absolute atomic E-state index is 10.0. The number of hydrogen-bond acceptors (Lipinski definition) is 3. The summed E-state index contributed by atoms with van der Waals surface area (Å²) in [6.07, 6.45) is 5.13. The minimum Gasteiger partial charge on any atom is -0.389 e. The van der Waals surface area contributed by atoms with Gasteiger partial charge in [-0.2, -0.15) is 5.10 Å². The van der Waals surface area contributed by atoms with Gasteiger partial charge in [0.2, 0.25) is 0 Å². The third-order valence-corrected chi connectivity index (χ3v) is 4.01. The van der Waals surface area contributed by atoms with Gasteiger partial charge in [0, 0.05) is 7.11 Å². The van der Waals surface area contributed by atoms with Crippen LogP contribution in [0.5, 0.6) is 0 Å². The molecule has 0 bridgehead atoms. The first-order valence-electron chi connectivity index (χ1n) is 6.52. The van der Waals surface area contributed by atoms with Gasteiger partial charge in [0.05, 0.1) is 35.6 Å². The highest BCUT2D eigenvalue weighted by Crippen LogP contribution is 2.41. The number of ether oxygens (including phenoxy) is 1. The molecule has 106 valence electrons. The van der Waals surface area contributed by atoms with Crippen molar-refractivity contribution in [3.8, 4) is 0 Å². The highest BCUT2D eigenvalue weighted by Gasteiger charge is 2.30. The van der Waals surface area contributed by atoms with Gasteiger partial charge in [-0.05, 0) is 39.8 Å². The van der Waals surface area contributed by atoms with Crippen LogP contribution in [0.15, 0.2) is 16.7 Å². The Labute approximate surface area is 122 Å². The van der Waals surface area contributed by atoms with Crippen LogP contribution in [0.1, 0.15) is 32.4 Å². The van der Waals surface area contributed by atoms with Crippen molar-refractivity contribution < 1.29 is 9.84 Å². The maximum Gasteiger partial charge on any atom is 0.0783 e. The lowest BCUT2D eigenvalue weighted by Gasteiger charge is -2.32. The van der Waals surface area contributed by atoms with Gasteiger partial charge in [-0.25, -0.2) is 0 Å². The van der Waals surface area contributed by atoms with Gasteiger partial charge < -0.3 is 9.84 Å². The Morgan fingerprint density at radius 1 is 1.58 bits per heavy atom. The lowest BCUT2D eigenvalue weighted by Crippen LogP contribution is -2.25. The van der Waals surface area contributed by atoms with Crippen LogP contribution in [0.3, 0.4) is 0 Å². The Kier molecular flexibility index (Phi) is 4.48. The molecule has 1 unspecified atom stereocenters. The van der Waals surface area contributed by atoms with Crippen LogP contribution in [0.4, 0.5) is 0 Å². The molecule has 5 heteroatoms. The monoisotopic (exact) mass is 328 g/mol. The molecule has 0 amide bonds. The quantitative estimate of drug-likeness (QED) is 0.924. The highest BCUT2D eigenvalue weighted by molar-refractivity contribution is 9.10. The van der Waals surface area contributed by atoms with Crippen LogP contribution in [-0.2, 0) is 11.3 Å². The number of allylic oxidation sites excluding steroid dienone is 1. The van der Waals surface area contributed by atoms with Crippen molar-refractivity contribution in [2.75, 3.05) is 13.7 Å². The van der Waals surface area contributed by atoms with E-state index in [1.54, 1.807) is 13.3 Å². The molecule has 1 aromatic heterocycles. The third kappa shape index (κ3) is 3.46. The fourth-order valence-electron chi connectivity index (χ4n) is 2.70. The minimum atomic E-state index is -0.378. The van der Waals surface area contributed by atoms with Gasteiger partial charge in [-0.1, -0.05) is 19.9 Å². The first kappa shape index (κ1) is 14.8. The standard InChI is InChI=1S/C14H21BrN2O2/c1-14(2)7-10(6-11(18)8-14)13-12(15)9-16-17(13)4-5-19-3/h6,9,11,18H,4-5,7-8H2,1-3H3. The van der Waals surface area contributed by atoms with Gasteiger partial charge in [0.15, 0.2) is 0 Å². The van der Waals surface area contributed by atoms with Crippen LogP contribution in [0.25, 0.3) is 5.57 Å². The molecule has 0 saturated carbocycles. The van der Waals surface area contributed by atoms with Gasteiger partial charge in [-0.3, -0.25) is 4.68 Å². The fourth-order valence-corrected chi connectivity index (χ4v) is 3.25. The van der Waals surface area contributed by atoms with E-state index in [4.69, 9.17) is 4.74 Å². The topological polar surface area (TPSA) is 47.3 Å². The minimum absolute atomic E-state index is 0.110. The van der Waals surface area contributed by atoms with Crippen molar-refractivity contribution in [2.45, 2.75) is 39.3 Å². The second-order valence-corrected chi connectivity index (χ2v) is 6.72. The van der Waals surface area contributed by atoms with Crippen LogP contribution in [0, 0.1) is 5.41 Å². The zero-order valence-corrected chi connectivity index (χ0v) is 13.3. The summed E-state index contributed by atoms with van der Waals surface area (Å²) in [6, 6.07) is 0. The van der Waals surface area contributed by atoms with E-state index >= 15 is 0 Å². The number of aliphatic hydroxyl groups excluding tert-OH is 1. The number of halogens is 1. The highest BCUT2D eigenvalue weighted by atomic mass is 79.9. The van der Waals surface area contributed by atoms with E-state index in [2.05, 4.69) is 34.9 Å². The summed E-state index contributed by atoms with van der Waals surface area (Å²) in [5.74, 6) is 0. The van der Waals surface area contributed by atoms with Crippen LogP contribution < -0.4 is 0 Å². The second-order valence-electron chi connectivity index (χ2n) is 5.86. The van der Waals surface area contributed by atoms with E-state index in [-0.39, 0.29) is 11.5 Å². The van der Waals surface area contributed by atoms with Crippen LogP contribution in [0.2, 0.25) is 0 Å². The average molecular weight is 329 g/mol. The van der Waals surface area contributed by atoms with Gasteiger partial charge in [-0.15, -0.1) is 0 Å². The SMILES string of the molecule is COCCn1ncc(Br)c1C1=CC(O)CC(C)(C)C1. The molecule has 19 heavy (non-hydrogen) atoms. The molecule has 0 fully saturated rings. The zero-order valence-electron chi connectivity index (χ0n) is 11.7. The summed E-state index contributed by atoms with van der Waals surface area (Å²) in [4.78, 5) is 0. The molecular formula is C14H21BrN2O2. The van der Waals surface area contributed by atoms with Gasteiger partial charge >= 0.3 is 0 Å². The van der Waals surface area contributed by atoms with Gasteiger partial charge in [0.25, 0.3) is 0 Å². The first-order chi connectivity index (χ1) is 8.93. The Morgan fingerprint density at radius 3 is 2.95 bits per heavy atom. The lowest BCUT2D eigenvalue weighted by atomic mass is 9.75. The summed E-state index contributed by atoms with van der Waals surface area (Å²) in [6.45, 7) is 5.71. The predicted octanol–water partition coefficient (Wildman–Crippen LogP) is 2.86. The van der Waals surface area contributed by atoms with Crippen molar-refractivity contribution in [3.05, 3.63) is 22.4 Å². The van der Waals surface area contributed by atoms with Gasteiger partial charge in [0.1, 0.15) is 0 Å². The number of nitrogens with zero attached hydrogens (tertiary/aromatic N) is 2. The molecular weight excluding hydrogens is 308 g/mol. The van der Waals surface area contributed by atoms with E-state index in [1.165, 1.54) is 0 Å². The van der Waals surface area contributed by atoms with Crippen molar-refractivity contribution in [1.82, 2.24) is 9.78 Å². The Morgan fingerprint density at radius 2 is 2.32 bits per heavy atom. The number of hydrogen-bond donors (Lipinski definition) is 1. The van der Waals surface area contributed by atoms with E-state index in [0.717, 1.165) is 28.6 Å². The Hall–Kier alpha value is -0.650. The largest absolute Gasteiger partial charge is 0.389 e. The zero-order chi connectivity index (χ0) is 14.0. The number of aliphatic hydroxyl groups is 1. The fraction of sp³-hybridized carbons (Fsp3) is 0.643. The molecule has 0 radical (unpaired) electrons. The van der Waals surface area contributed by atoms with Crippen molar-refractivity contribution in [2.24, 2.45) is 5.41 Å². The summed E-state index contributed by atoms with van der Waals surface area (Å²) < 4.78 is 8.02.